The highest BCUT2D eigenvalue weighted by atomic mass is 35.5. The maximum absolute atomic E-state index is 12.0. The molecule has 2 aromatic carbocycles. The Morgan fingerprint density at radius 3 is 2.48 bits per heavy atom. The lowest BCUT2D eigenvalue weighted by Crippen LogP contribution is -2.23. The van der Waals surface area contributed by atoms with E-state index < -0.39 is 5.91 Å². The molecule has 23 heavy (non-hydrogen) atoms. The molecule has 0 aliphatic carbocycles. The molecule has 116 valence electrons. The van der Waals surface area contributed by atoms with E-state index in [4.69, 9.17) is 16.9 Å². The molecule has 5 nitrogen and oxygen atoms in total. The van der Waals surface area contributed by atoms with Crippen LogP contribution in [0.4, 0.5) is 0 Å². The van der Waals surface area contributed by atoms with E-state index in [1.54, 1.807) is 24.3 Å². The van der Waals surface area contributed by atoms with Crippen molar-refractivity contribution in [2.75, 3.05) is 0 Å². The predicted molar refractivity (Wildman–Crippen MR) is 86.7 cm³/mol. The third-order valence-electron chi connectivity index (χ3n) is 3.04. The second-order valence-electron chi connectivity index (χ2n) is 4.73. The van der Waals surface area contributed by atoms with E-state index in [0.29, 0.717) is 10.6 Å². The average Bonchev–Trinajstić information content (AvgIpc) is 2.55. The molecule has 0 heterocycles. The lowest BCUT2D eigenvalue weighted by molar-refractivity contribution is -0.117. The van der Waals surface area contributed by atoms with Gasteiger partial charge in [-0.05, 0) is 41.5 Å². The number of hydrogen-bond acceptors (Lipinski definition) is 4. The van der Waals surface area contributed by atoms with Crippen molar-refractivity contribution in [2.24, 2.45) is 0 Å². The van der Waals surface area contributed by atoms with Crippen LogP contribution in [0, 0.1) is 11.3 Å². The Kier molecular flexibility index (Phi) is 5.23. The van der Waals surface area contributed by atoms with Gasteiger partial charge in [-0.2, -0.15) is 5.26 Å². The minimum absolute atomic E-state index is 0.107. The molecule has 0 atom stereocenters. The molecule has 2 rings (SSSR count). The Hall–Kier alpha value is -2.97. The standard InChI is InChI=1S/C17H13ClN2O3/c18-14-4-1-11(2-5-14)10-20-17(23)13(9-19)7-12-3-6-15(21)16(22)8-12/h1-8,21-22H,10H2,(H,20,23)/b13-7+. The second-order valence-corrected chi connectivity index (χ2v) is 5.16. The van der Waals surface area contributed by atoms with Crippen molar-refractivity contribution < 1.29 is 15.0 Å². The number of carbonyl (C=O) groups excluding carboxylic acids is 1. The molecule has 0 radical (unpaired) electrons. The van der Waals surface area contributed by atoms with E-state index in [2.05, 4.69) is 5.32 Å². The van der Waals surface area contributed by atoms with Gasteiger partial charge in [-0.3, -0.25) is 4.79 Å². The highest BCUT2D eigenvalue weighted by Crippen LogP contribution is 2.25. The smallest absolute Gasteiger partial charge is 0.262 e. The highest BCUT2D eigenvalue weighted by Gasteiger charge is 2.09. The Balaban J connectivity index is 2.08. The van der Waals surface area contributed by atoms with Crippen molar-refractivity contribution in [1.29, 1.82) is 5.26 Å². The Morgan fingerprint density at radius 2 is 1.87 bits per heavy atom. The van der Waals surface area contributed by atoms with Gasteiger partial charge in [-0.15, -0.1) is 0 Å². The minimum atomic E-state index is -0.532. The topological polar surface area (TPSA) is 93.3 Å². The third-order valence-corrected chi connectivity index (χ3v) is 3.29. The molecule has 0 bridgehead atoms. The van der Waals surface area contributed by atoms with E-state index in [1.165, 1.54) is 24.3 Å². The maximum atomic E-state index is 12.0. The number of hydrogen-bond donors (Lipinski definition) is 3. The van der Waals surface area contributed by atoms with Gasteiger partial charge in [0.25, 0.3) is 5.91 Å². The molecule has 0 spiro atoms. The number of benzene rings is 2. The van der Waals surface area contributed by atoms with Crippen LogP contribution in [0.2, 0.25) is 5.02 Å². The summed E-state index contributed by atoms with van der Waals surface area (Å²) in [4.78, 5) is 12.0. The van der Waals surface area contributed by atoms with E-state index in [-0.39, 0.29) is 23.6 Å². The summed E-state index contributed by atoms with van der Waals surface area (Å²) >= 11 is 5.78. The van der Waals surface area contributed by atoms with Crippen LogP contribution in [0.5, 0.6) is 11.5 Å². The number of phenols is 2. The zero-order valence-electron chi connectivity index (χ0n) is 12.0. The molecule has 0 unspecified atom stereocenters. The summed E-state index contributed by atoms with van der Waals surface area (Å²) in [5.74, 6) is -1.12. The molecule has 2 aromatic rings. The summed E-state index contributed by atoms with van der Waals surface area (Å²) in [6, 6.07) is 12.8. The SMILES string of the molecule is N#C/C(=C\c1ccc(O)c(O)c1)C(=O)NCc1ccc(Cl)cc1. The summed E-state index contributed by atoms with van der Waals surface area (Å²) in [6.07, 6.45) is 1.33. The van der Waals surface area contributed by atoms with Gasteiger partial charge in [0.05, 0.1) is 0 Å². The molecule has 0 fully saturated rings. The van der Waals surface area contributed by atoms with Crippen molar-refractivity contribution in [3.05, 3.63) is 64.2 Å². The van der Waals surface area contributed by atoms with Crippen LogP contribution < -0.4 is 5.32 Å². The normalized spacial score (nSPS) is 10.9. The van der Waals surface area contributed by atoms with Crippen LogP contribution in [0.15, 0.2) is 48.0 Å². The van der Waals surface area contributed by atoms with E-state index in [9.17, 15) is 15.0 Å². The van der Waals surface area contributed by atoms with Crippen LogP contribution >= 0.6 is 11.6 Å². The molecule has 0 aliphatic heterocycles. The number of nitrogens with zero attached hydrogens (tertiary/aromatic N) is 1. The van der Waals surface area contributed by atoms with Gasteiger partial charge in [0, 0.05) is 11.6 Å². The number of amides is 1. The van der Waals surface area contributed by atoms with Gasteiger partial charge < -0.3 is 15.5 Å². The van der Waals surface area contributed by atoms with Crippen LogP contribution in [0.25, 0.3) is 6.08 Å². The minimum Gasteiger partial charge on any atom is -0.504 e. The van der Waals surface area contributed by atoms with E-state index in [1.807, 2.05) is 6.07 Å². The molecule has 3 N–H and O–H groups in total. The molecule has 0 saturated heterocycles. The fourth-order valence-electron chi connectivity index (χ4n) is 1.83. The van der Waals surface area contributed by atoms with Crippen molar-refractivity contribution in [3.63, 3.8) is 0 Å². The quantitative estimate of drug-likeness (QED) is 0.457. The van der Waals surface area contributed by atoms with Crippen LogP contribution in [0.1, 0.15) is 11.1 Å². The number of phenolic OH excluding ortho intramolecular Hbond substituents is 2. The molecule has 1 amide bonds. The lowest BCUT2D eigenvalue weighted by atomic mass is 10.1. The first-order chi connectivity index (χ1) is 11.0. The Bertz CT molecular complexity index is 792. The highest BCUT2D eigenvalue weighted by molar-refractivity contribution is 6.30. The summed E-state index contributed by atoms with van der Waals surface area (Å²) in [5, 5.41) is 31.0. The van der Waals surface area contributed by atoms with Crippen molar-refractivity contribution >= 4 is 23.6 Å². The zero-order chi connectivity index (χ0) is 16.8. The molecule has 0 aliphatic rings. The molecular formula is C17H13ClN2O3. The molecule has 6 heteroatoms. The molecular weight excluding hydrogens is 316 g/mol. The fourth-order valence-corrected chi connectivity index (χ4v) is 1.95. The van der Waals surface area contributed by atoms with Crippen LogP contribution in [-0.4, -0.2) is 16.1 Å². The first-order valence-electron chi connectivity index (χ1n) is 6.66. The average molecular weight is 329 g/mol. The number of nitrogens with one attached hydrogen (secondary N) is 1. The van der Waals surface area contributed by atoms with Crippen molar-refractivity contribution in [2.45, 2.75) is 6.54 Å². The maximum Gasteiger partial charge on any atom is 0.262 e. The van der Waals surface area contributed by atoms with Crippen molar-refractivity contribution in [3.8, 4) is 17.6 Å². The predicted octanol–water partition coefficient (Wildman–Crippen LogP) is 2.97. The monoisotopic (exact) mass is 328 g/mol. The Labute approximate surface area is 138 Å². The van der Waals surface area contributed by atoms with Gasteiger partial charge in [0.15, 0.2) is 11.5 Å². The van der Waals surface area contributed by atoms with Gasteiger partial charge in [-0.25, -0.2) is 0 Å². The van der Waals surface area contributed by atoms with Gasteiger partial charge >= 0.3 is 0 Å². The van der Waals surface area contributed by atoms with E-state index in [0.717, 1.165) is 5.56 Å². The summed E-state index contributed by atoms with van der Waals surface area (Å²) < 4.78 is 0. The largest absolute Gasteiger partial charge is 0.504 e. The number of nitriles is 1. The van der Waals surface area contributed by atoms with Gasteiger partial charge in [0.2, 0.25) is 0 Å². The number of carbonyl (C=O) groups is 1. The first kappa shape index (κ1) is 16.4. The molecule has 0 aromatic heterocycles. The number of halogens is 1. The summed E-state index contributed by atoms with van der Waals surface area (Å²) in [6.45, 7) is 0.260. The fraction of sp³-hybridized carbons (Fsp3) is 0.0588. The Morgan fingerprint density at radius 1 is 1.17 bits per heavy atom. The third kappa shape index (κ3) is 4.50. The summed E-state index contributed by atoms with van der Waals surface area (Å²) in [7, 11) is 0. The number of rotatable bonds is 4. The van der Waals surface area contributed by atoms with Crippen LogP contribution in [0.3, 0.4) is 0 Å². The summed E-state index contributed by atoms with van der Waals surface area (Å²) in [5.41, 5.74) is 1.17. The molecule has 0 saturated carbocycles. The first-order valence-corrected chi connectivity index (χ1v) is 7.04. The van der Waals surface area contributed by atoms with E-state index >= 15 is 0 Å². The van der Waals surface area contributed by atoms with Gasteiger partial charge in [0.1, 0.15) is 11.6 Å². The zero-order valence-corrected chi connectivity index (χ0v) is 12.7. The van der Waals surface area contributed by atoms with Crippen LogP contribution in [-0.2, 0) is 11.3 Å². The second kappa shape index (κ2) is 7.34. The van der Waals surface area contributed by atoms with Crippen molar-refractivity contribution in [1.82, 2.24) is 5.32 Å². The van der Waals surface area contributed by atoms with Gasteiger partial charge in [-0.1, -0.05) is 29.8 Å². The lowest BCUT2D eigenvalue weighted by Gasteiger charge is -2.05. The number of aromatic hydroxyl groups is 2.